The summed E-state index contributed by atoms with van der Waals surface area (Å²) in [6, 6.07) is 7.71. The van der Waals surface area contributed by atoms with Gasteiger partial charge in [0, 0.05) is 106 Å². The van der Waals surface area contributed by atoms with Crippen molar-refractivity contribution < 1.29 is 182 Å². The summed E-state index contributed by atoms with van der Waals surface area (Å²) >= 11 is 0. The molecule has 20 atom stereocenters. The minimum atomic E-state index is -3.60. The first-order valence-corrected chi connectivity index (χ1v) is 45.7. The van der Waals surface area contributed by atoms with Crippen LogP contribution in [0, 0.1) is 63.6 Å². The van der Waals surface area contributed by atoms with E-state index in [0.717, 1.165) is 32.1 Å². The molecule has 3 radical (unpaired) electrons. The molecule has 42 heteroatoms. The van der Waals surface area contributed by atoms with E-state index < -0.39 is 215 Å². The van der Waals surface area contributed by atoms with Gasteiger partial charge in [-0.1, -0.05) is 101 Å². The molecule has 16 rings (SSSR count). The van der Waals surface area contributed by atoms with Crippen LogP contribution in [0.1, 0.15) is 178 Å². The molecule has 6 aromatic rings. The minimum Gasteiger partial charge on any atom is -0.540 e. The van der Waals surface area contributed by atoms with Crippen LogP contribution in [-0.4, -0.2) is 252 Å². The number of aromatic nitrogens is 6. The zero-order valence-electron chi connectivity index (χ0n) is 79.5. The Labute approximate surface area is 827 Å². The van der Waals surface area contributed by atoms with Gasteiger partial charge >= 0.3 is 36.0 Å². The van der Waals surface area contributed by atoms with E-state index in [1.165, 1.54) is 54.2 Å². The van der Waals surface area contributed by atoms with E-state index in [9.17, 15) is 43.2 Å². The fourth-order valence-corrected chi connectivity index (χ4v) is 19.8. The Bertz CT molecular complexity index is 5260. The van der Waals surface area contributed by atoms with Crippen molar-refractivity contribution in [3.63, 3.8) is 0 Å². The number of alkyl halides is 6. The van der Waals surface area contributed by atoms with Crippen LogP contribution in [0.15, 0.2) is 54.6 Å². The number of ether oxygens (including phenoxy) is 12. The minimum absolute atomic E-state index is 0. The largest absolute Gasteiger partial charge is 0.540 e. The van der Waals surface area contributed by atoms with Crippen LogP contribution in [0.2, 0.25) is 0 Å². The molecule has 3 aromatic heterocycles. The van der Waals surface area contributed by atoms with Crippen molar-refractivity contribution in [1.29, 1.82) is 0 Å². The van der Waals surface area contributed by atoms with Crippen molar-refractivity contribution in [3.05, 3.63) is 71.7 Å². The average molecular weight is 2030 g/mol. The monoisotopic (exact) mass is 2030 g/mol. The molecule has 33 nitrogen and oxygen atoms in total. The van der Waals surface area contributed by atoms with E-state index in [1.807, 2.05) is 25.8 Å². The number of carbonyl (C=O) groups is 6. The Morgan fingerprint density at radius 2 is 0.766 bits per heavy atom. The van der Waals surface area contributed by atoms with Crippen molar-refractivity contribution in [2.45, 2.75) is 251 Å². The predicted molar refractivity (Wildman–Crippen MR) is 470 cm³/mol. The Kier molecular flexibility index (Phi) is 34.5. The zero-order valence-corrected chi connectivity index (χ0v) is 83.7. The molecule has 137 heavy (non-hydrogen) atoms. The number of nitrogens with zero attached hydrogens (tertiary/aromatic N) is 9. The van der Waals surface area contributed by atoms with E-state index in [-0.39, 0.29) is 146 Å². The summed E-state index contributed by atoms with van der Waals surface area (Å²) in [5, 5.41) is 8.26. The number of hydrogen-bond acceptors (Lipinski definition) is 27. The molecule has 4 saturated carbocycles. The quantitative estimate of drug-likeness (QED) is 0.0792. The molecule has 10 aliphatic rings. The molecular weight excluding hydrogens is 1910 g/mol. The van der Waals surface area contributed by atoms with Gasteiger partial charge in [-0.2, -0.15) is 26.3 Å². The van der Waals surface area contributed by atoms with Crippen LogP contribution < -0.4 is 44.4 Å². The SMILES string of the molecule is COc1ccc2nc3c(nc2c1)O[C@H]1CN(C(=O)[C@H](C(C)(C)C)NC(=O)O[C@@H]2CC4CC4[C@H]2CCOCC3(F)F)[C@H]([C-]=O)[C@@H]1C.COc1ccc2nc3c(nc2c1)O[C@H]1CN(C(=O)[C@H](C(C)(C)C)NC(=O)O[C@@H]2CCC[C@H]2CCOCC3(F)F)[C@H]([C-]=O)[C@@H]1C.COc1ccc2nc3c(nc2c1)O[C@H]1CN(C(=O)[C@H](C(C)(C)C)NC(=O)O[C@]2(C)CCC[C@H]2CCOCC3(F)F)[C@H]([C-]=O)[C@@H]1C.[V].[V].[V]. The first-order chi connectivity index (χ1) is 63.3. The number of alkyl carbamates (subject to hydrolysis) is 3. The van der Waals surface area contributed by atoms with Crippen molar-refractivity contribution in [3.8, 4) is 34.9 Å². The zero-order chi connectivity index (χ0) is 96.8. The number of benzene rings is 3. The second-order valence-electron chi connectivity index (χ2n) is 40.3. The standard InChI is InChI=1S/C32H39F2N4O7.C32H41F2N4O7.C31H39F2N4O7.3V/c1-16-23(14-39)38-13-25(16)44-28-26(35-21-7-6-18(42-5)12-22(21)36-28)32(33,34)15-43-9-8-19-20-10-17(20)11-24(19)45-30(41)37-27(29(38)40)31(2,3)4;1-18-23(16-39)38-15-24(18)44-27-25(35-21-10-9-20(42-6)14-22(21)36-27)32(33,34)17-43-13-11-19-8-7-12-31(19,5)45-29(41)37-26(28(38)40)30(2,3)4;1-17-22(15-38)37-14-24(17)43-27-25(34-20-10-9-19(41-5)13-21(20)35-27)31(32,33)16-42-12-11-18-7-6-8-23(18)44-29(40)36-26(28(37)39)30(2,3)4;;;/h6-7,12,16-17,19-20,23-25,27H,8-11,13,15H2,1-5H3,(H,37,41);9-10,14,18-19,23-24,26H,7-8,11-13,15,17H2,1-6H3,(H,37,41);9-10,13,17-18,22-24,26H,6-8,11-12,14,16H2,1-5H3,(H,36,40);;;/q3*-1;;;/t16-,17?,19+,20?,23+,24+,25-,27+;18-,19-,23+,24-,26+,31+;17-,18-,22+,23+,24-,26+;;;/m000.../s1. The van der Waals surface area contributed by atoms with Gasteiger partial charge in [-0.3, -0.25) is 14.4 Å². The number of halogens is 6. The van der Waals surface area contributed by atoms with Crippen LogP contribution >= 0.6 is 0 Å². The van der Waals surface area contributed by atoms with Crippen molar-refractivity contribution in [2.75, 3.05) is 80.6 Å². The molecule has 6 bridgehead atoms. The molecule has 9 heterocycles. The molecule has 3 aromatic carbocycles. The molecule has 6 amide bonds. The number of rotatable bonds is 6. The second kappa shape index (κ2) is 43.6. The van der Waals surface area contributed by atoms with Gasteiger partial charge in [-0.25, -0.2) is 63.1 Å². The van der Waals surface area contributed by atoms with E-state index in [2.05, 4.69) is 45.9 Å². The van der Waals surface area contributed by atoms with Crippen LogP contribution in [0.5, 0.6) is 34.9 Å². The van der Waals surface area contributed by atoms with Gasteiger partial charge in [0.1, 0.15) is 91.3 Å². The van der Waals surface area contributed by atoms with E-state index in [1.54, 1.807) is 119 Å². The van der Waals surface area contributed by atoms with Gasteiger partial charge in [0.25, 0.3) is 0 Å². The first-order valence-electron chi connectivity index (χ1n) is 45.7. The Balaban J connectivity index is 0.000000195. The molecule has 2 unspecified atom stereocenters. The average Bonchev–Trinajstić information content (AvgIpc) is 1.61. The molecule has 7 fully saturated rings. The third-order valence-electron chi connectivity index (χ3n) is 27.8. The summed E-state index contributed by atoms with van der Waals surface area (Å²) in [5.41, 5.74) is -3.84. The van der Waals surface area contributed by atoms with Crippen molar-refractivity contribution >= 4 is 88.0 Å². The summed E-state index contributed by atoms with van der Waals surface area (Å²) < 4.78 is 163. The van der Waals surface area contributed by atoms with Crippen molar-refractivity contribution in [2.24, 2.45) is 63.6 Å². The third-order valence-corrected chi connectivity index (χ3v) is 27.8. The summed E-state index contributed by atoms with van der Waals surface area (Å²) in [6.45, 7) is 19.7. The maximum atomic E-state index is 15.9. The maximum absolute atomic E-state index is 15.9. The molecule has 6 aliphatic heterocycles. The molecule has 745 valence electrons. The predicted octanol–water partition coefficient (Wildman–Crippen LogP) is 12.7. The van der Waals surface area contributed by atoms with Gasteiger partial charge in [-0.15, -0.1) is 0 Å². The number of amides is 6. The maximum Gasteiger partial charge on any atom is 0.408 e. The van der Waals surface area contributed by atoms with Gasteiger partial charge in [-0.05, 0) is 166 Å². The summed E-state index contributed by atoms with van der Waals surface area (Å²) in [4.78, 5) is 148. The van der Waals surface area contributed by atoms with Crippen LogP contribution in [0.3, 0.4) is 0 Å². The molecular formula is C95H119F6N12O21V3-3. The van der Waals surface area contributed by atoms with Crippen molar-refractivity contribution in [1.82, 2.24) is 60.6 Å². The first kappa shape index (κ1) is 108. The fourth-order valence-electron chi connectivity index (χ4n) is 19.8. The Morgan fingerprint density at radius 3 is 1.13 bits per heavy atom. The fraction of sp³-hybridized carbons (Fsp3) is 0.653. The van der Waals surface area contributed by atoms with Gasteiger partial charge in [0.05, 0.1) is 74.1 Å². The third kappa shape index (κ3) is 23.9. The summed E-state index contributed by atoms with van der Waals surface area (Å²) in [6.07, 6.45) is 7.11. The molecule has 3 N–H and O–H groups in total. The van der Waals surface area contributed by atoms with Crippen LogP contribution in [-0.2, 0) is 131 Å². The van der Waals surface area contributed by atoms with Gasteiger partial charge in [0.15, 0.2) is 17.1 Å². The van der Waals surface area contributed by atoms with E-state index in [0.29, 0.717) is 67.6 Å². The topological polar surface area (TPSA) is 388 Å². The molecule has 3 saturated heterocycles. The van der Waals surface area contributed by atoms with Crippen LogP contribution in [0.25, 0.3) is 33.1 Å². The van der Waals surface area contributed by atoms with E-state index in [4.69, 9.17) is 56.8 Å². The number of carbonyl (C=O) groups excluding carboxylic acids is 9. The second-order valence-corrected chi connectivity index (χ2v) is 40.3. The number of nitrogens with one attached hydrogen (secondary N) is 3. The van der Waals surface area contributed by atoms with Crippen LogP contribution in [0.4, 0.5) is 40.7 Å². The summed E-state index contributed by atoms with van der Waals surface area (Å²) in [7, 11) is 4.42. The van der Waals surface area contributed by atoms with Gasteiger partial charge < -0.3 is 102 Å². The number of fused-ring (bicyclic) bond motifs is 17. The smallest absolute Gasteiger partial charge is 0.408 e. The normalized spacial score (nSPS) is 30.8. The van der Waals surface area contributed by atoms with E-state index >= 15 is 26.3 Å². The molecule has 4 aliphatic carbocycles. The molecule has 0 spiro atoms. The summed E-state index contributed by atoms with van der Waals surface area (Å²) in [5.74, 6) is -13.7. The number of hydrogen-bond donors (Lipinski definition) is 3. The number of methoxy groups -OCH3 is 3. The van der Waals surface area contributed by atoms with Gasteiger partial charge in [0.2, 0.25) is 35.4 Å². The Hall–Kier alpha value is -9.08. The Morgan fingerprint density at radius 1 is 0.409 bits per heavy atom.